The molecule has 1 rings (SSSR count). The molecule has 112 valence electrons. The van der Waals surface area contributed by atoms with Crippen LogP contribution in [0.15, 0.2) is 17.2 Å². The van der Waals surface area contributed by atoms with Gasteiger partial charge < -0.3 is 14.6 Å². The summed E-state index contributed by atoms with van der Waals surface area (Å²) in [5.41, 5.74) is -0.166. The maximum Gasteiger partial charge on any atom is 0.305 e. The van der Waals surface area contributed by atoms with Gasteiger partial charge in [-0.05, 0) is 19.8 Å². The van der Waals surface area contributed by atoms with Gasteiger partial charge in [0.25, 0.3) is 5.56 Å². The molecule has 0 atom stereocenters. The van der Waals surface area contributed by atoms with E-state index in [1.54, 1.807) is 21.9 Å². The minimum Gasteiger partial charge on any atom is -0.481 e. The summed E-state index contributed by atoms with van der Waals surface area (Å²) < 4.78 is 1.63. The number of carbonyl (C=O) groups is 1. The molecule has 0 saturated heterocycles. The van der Waals surface area contributed by atoms with Crippen molar-refractivity contribution in [3.05, 3.63) is 22.7 Å². The lowest BCUT2D eigenvalue weighted by Crippen LogP contribution is -2.39. The van der Waals surface area contributed by atoms with Gasteiger partial charge >= 0.3 is 5.97 Å². The van der Waals surface area contributed by atoms with E-state index >= 15 is 0 Å². The third kappa shape index (κ3) is 4.36. The van der Waals surface area contributed by atoms with E-state index < -0.39 is 5.97 Å². The van der Waals surface area contributed by atoms with Crippen LogP contribution in [0.25, 0.3) is 0 Å². The SMILES string of the molecule is CC(C)Cn1ccnc(N(CCC(=O)O)C(C)C)c1=O. The molecule has 0 aliphatic carbocycles. The highest BCUT2D eigenvalue weighted by Gasteiger charge is 2.18. The molecule has 0 radical (unpaired) electrons. The Morgan fingerprint density at radius 2 is 2.05 bits per heavy atom. The molecule has 0 aliphatic rings. The van der Waals surface area contributed by atoms with Crippen molar-refractivity contribution in [1.29, 1.82) is 0 Å². The Bertz CT molecular complexity index is 509. The molecule has 0 amide bonds. The second kappa shape index (κ2) is 7.07. The molecule has 1 aromatic heterocycles. The summed E-state index contributed by atoms with van der Waals surface area (Å²) in [5, 5.41) is 8.80. The molecule has 0 spiro atoms. The largest absolute Gasteiger partial charge is 0.481 e. The second-order valence-corrected chi connectivity index (χ2v) is 5.53. The average Bonchev–Trinajstić information content (AvgIpc) is 2.32. The van der Waals surface area contributed by atoms with Crippen molar-refractivity contribution < 1.29 is 9.90 Å². The van der Waals surface area contributed by atoms with Crippen molar-refractivity contribution in [2.45, 2.75) is 46.7 Å². The van der Waals surface area contributed by atoms with E-state index in [4.69, 9.17) is 5.11 Å². The molecule has 6 nitrogen and oxygen atoms in total. The zero-order valence-corrected chi connectivity index (χ0v) is 12.5. The molecule has 1 N–H and O–H groups in total. The van der Waals surface area contributed by atoms with E-state index in [-0.39, 0.29) is 24.6 Å². The molecule has 1 heterocycles. The van der Waals surface area contributed by atoms with Crippen molar-refractivity contribution in [3.8, 4) is 0 Å². The minimum atomic E-state index is -0.880. The van der Waals surface area contributed by atoms with Gasteiger partial charge in [0, 0.05) is 31.5 Å². The molecule has 0 aromatic carbocycles. The molecule has 6 heteroatoms. The minimum absolute atomic E-state index is 0.0155. The van der Waals surface area contributed by atoms with E-state index in [0.717, 1.165) is 0 Å². The van der Waals surface area contributed by atoms with Crippen molar-refractivity contribution in [3.63, 3.8) is 0 Å². The number of aromatic nitrogens is 2. The van der Waals surface area contributed by atoms with Crippen LogP contribution < -0.4 is 10.5 Å². The first-order valence-electron chi connectivity index (χ1n) is 6.86. The fourth-order valence-electron chi connectivity index (χ4n) is 1.99. The molecule has 1 aromatic rings. The summed E-state index contributed by atoms with van der Waals surface area (Å²) >= 11 is 0. The topological polar surface area (TPSA) is 75.4 Å². The summed E-state index contributed by atoms with van der Waals surface area (Å²) in [4.78, 5) is 29.0. The van der Waals surface area contributed by atoms with Gasteiger partial charge in [-0.1, -0.05) is 13.8 Å². The first-order valence-corrected chi connectivity index (χ1v) is 6.86. The number of rotatable bonds is 7. The van der Waals surface area contributed by atoms with Crippen LogP contribution in [0.1, 0.15) is 34.1 Å². The van der Waals surface area contributed by atoms with E-state index in [9.17, 15) is 9.59 Å². The van der Waals surface area contributed by atoms with E-state index in [1.165, 1.54) is 0 Å². The summed E-state index contributed by atoms with van der Waals surface area (Å²) in [5.74, 6) is -0.201. The summed E-state index contributed by atoms with van der Waals surface area (Å²) in [6.45, 7) is 8.82. The second-order valence-electron chi connectivity index (χ2n) is 5.53. The average molecular weight is 281 g/mol. The number of nitrogens with zero attached hydrogens (tertiary/aromatic N) is 3. The number of hydrogen-bond donors (Lipinski definition) is 1. The molecule has 0 aliphatic heterocycles. The highest BCUT2D eigenvalue weighted by Crippen LogP contribution is 2.10. The summed E-state index contributed by atoms with van der Waals surface area (Å²) in [6.07, 6.45) is 3.25. The van der Waals surface area contributed by atoms with E-state index in [1.807, 2.05) is 27.7 Å². The standard InChI is InChI=1S/C14H23N3O3/c1-10(2)9-16-8-6-15-13(14(16)20)17(11(3)4)7-5-12(18)19/h6,8,10-11H,5,7,9H2,1-4H3,(H,18,19). The Morgan fingerprint density at radius 1 is 1.40 bits per heavy atom. The van der Waals surface area contributed by atoms with Crippen molar-refractivity contribution in [2.24, 2.45) is 5.92 Å². The van der Waals surface area contributed by atoms with Crippen LogP contribution in [-0.4, -0.2) is 33.2 Å². The van der Waals surface area contributed by atoms with Crippen molar-refractivity contribution >= 4 is 11.8 Å². The van der Waals surface area contributed by atoms with E-state index in [0.29, 0.717) is 18.3 Å². The van der Waals surface area contributed by atoms with Crippen LogP contribution in [0.2, 0.25) is 0 Å². The van der Waals surface area contributed by atoms with Gasteiger partial charge in [0.2, 0.25) is 0 Å². The number of carboxylic acid groups (broad SMARTS) is 1. The van der Waals surface area contributed by atoms with Gasteiger partial charge in [-0.15, -0.1) is 0 Å². The molecular formula is C14H23N3O3. The maximum absolute atomic E-state index is 12.4. The highest BCUT2D eigenvalue weighted by molar-refractivity contribution is 5.67. The van der Waals surface area contributed by atoms with Crippen LogP contribution >= 0.6 is 0 Å². The molecule has 0 fully saturated rings. The normalized spacial score (nSPS) is 11.1. The predicted octanol–water partition coefficient (Wildman–Crippen LogP) is 1.59. The van der Waals surface area contributed by atoms with Gasteiger partial charge in [0.15, 0.2) is 5.82 Å². The molecule has 0 bridgehead atoms. The monoisotopic (exact) mass is 281 g/mol. The van der Waals surface area contributed by atoms with Gasteiger partial charge in [-0.3, -0.25) is 9.59 Å². The van der Waals surface area contributed by atoms with Crippen LogP contribution in [0, 0.1) is 5.92 Å². The Kier molecular flexibility index (Phi) is 5.73. The number of aliphatic carboxylic acids is 1. The predicted molar refractivity (Wildman–Crippen MR) is 78.1 cm³/mol. The fraction of sp³-hybridized carbons (Fsp3) is 0.643. The Morgan fingerprint density at radius 3 is 2.55 bits per heavy atom. The lowest BCUT2D eigenvalue weighted by molar-refractivity contribution is -0.136. The molecular weight excluding hydrogens is 258 g/mol. The third-order valence-electron chi connectivity index (χ3n) is 2.92. The summed E-state index contributed by atoms with van der Waals surface area (Å²) in [6, 6.07) is 0.0180. The number of anilines is 1. The first-order chi connectivity index (χ1) is 9.32. The molecule has 0 unspecified atom stereocenters. The number of hydrogen-bond acceptors (Lipinski definition) is 4. The van der Waals surface area contributed by atoms with E-state index in [2.05, 4.69) is 4.98 Å². The fourth-order valence-corrected chi connectivity index (χ4v) is 1.99. The zero-order valence-electron chi connectivity index (χ0n) is 12.5. The van der Waals surface area contributed by atoms with Crippen LogP contribution in [0.5, 0.6) is 0 Å². The Labute approximate surface area is 119 Å². The lowest BCUT2D eigenvalue weighted by Gasteiger charge is -2.27. The van der Waals surface area contributed by atoms with Crippen LogP contribution in [0.3, 0.4) is 0 Å². The Balaban J connectivity index is 3.07. The van der Waals surface area contributed by atoms with Gasteiger partial charge in [-0.2, -0.15) is 0 Å². The van der Waals surface area contributed by atoms with Crippen molar-refractivity contribution in [2.75, 3.05) is 11.4 Å². The zero-order chi connectivity index (χ0) is 15.3. The van der Waals surface area contributed by atoms with Gasteiger partial charge in [-0.25, -0.2) is 4.98 Å². The smallest absolute Gasteiger partial charge is 0.305 e. The molecule has 0 saturated carbocycles. The van der Waals surface area contributed by atoms with Crippen LogP contribution in [0.4, 0.5) is 5.82 Å². The molecule has 20 heavy (non-hydrogen) atoms. The number of carboxylic acids is 1. The quantitative estimate of drug-likeness (QED) is 0.821. The van der Waals surface area contributed by atoms with Gasteiger partial charge in [0.05, 0.1) is 6.42 Å². The highest BCUT2D eigenvalue weighted by atomic mass is 16.4. The third-order valence-corrected chi connectivity index (χ3v) is 2.92. The van der Waals surface area contributed by atoms with Gasteiger partial charge in [0.1, 0.15) is 0 Å². The Hall–Kier alpha value is -1.85. The first kappa shape index (κ1) is 16.2. The van der Waals surface area contributed by atoms with Crippen LogP contribution in [-0.2, 0) is 11.3 Å². The summed E-state index contributed by atoms with van der Waals surface area (Å²) in [7, 11) is 0. The lowest BCUT2D eigenvalue weighted by atomic mass is 10.2. The maximum atomic E-state index is 12.4. The van der Waals surface area contributed by atoms with Crippen molar-refractivity contribution in [1.82, 2.24) is 9.55 Å².